The average Bonchev–Trinajstić information content (AvgIpc) is 2.94. The molecule has 1 saturated heterocycles. The van der Waals surface area contributed by atoms with E-state index < -0.39 is 33.6 Å². The second-order valence-corrected chi connectivity index (χ2v) is 12.1. The van der Waals surface area contributed by atoms with Crippen LogP contribution < -0.4 is 4.72 Å². The van der Waals surface area contributed by atoms with Gasteiger partial charge in [0.1, 0.15) is 6.04 Å². The molecule has 200 valence electrons. The minimum atomic E-state index is -3.86. The Morgan fingerprint density at radius 3 is 2.00 bits per heavy atom. The van der Waals surface area contributed by atoms with Crippen LogP contribution in [0.1, 0.15) is 61.8 Å². The van der Waals surface area contributed by atoms with Gasteiger partial charge in [-0.2, -0.15) is 0 Å². The number of nitrogens with zero attached hydrogens (tertiary/aromatic N) is 1. The molecular weight excluding hydrogens is 496 g/mol. The topological polar surface area (TPSA) is 75.7 Å². The molecule has 2 aliphatic rings. The van der Waals surface area contributed by atoms with Crippen molar-refractivity contribution in [3.05, 3.63) is 102 Å². The first-order chi connectivity index (χ1) is 18.4. The molecule has 1 saturated carbocycles. The summed E-state index contributed by atoms with van der Waals surface area (Å²) in [6, 6.07) is 25.6. The fraction of sp³-hybridized carbons (Fsp3) is 0.387. The van der Waals surface area contributed by atoms with E-state index in [1.165, 1.54) is 0 Å². The number of nitrogens with one attached hydrogen (secondary N) is 1. The van der Waals surface area contributed by atoms with Crippen LogP contribution in [-0.4, -0.2) is 43.5 Å². The zero-order valence-corrected chi connectivity index (χ0v) is 22.9. The van der Waals surface area contributed by atoms with Crippen molar-refractivity contribution in [3.8, 4) is 0 Å². The highest BCUT2D eigenvalue weighted by atomic mass is 32.2. The lowest BCUT2D eigenvalue weighted by atomic mass is 9.63. The molecule has 2 atom stereocenters. The Morgan fingerprint density at radius 2 is 1.47 bits per heavy atom. The summed E-state index contributed by atoms with van der Waals surface area (Å²) in [4.78, 5) is 16.1. The summed E-state index contributed by atoms with van der Waals surface area (Å²) in [5.74, 6) is -0.392. The average molecular weight is 533 g/mol. The molecule has 0 radical (unpaired) electrons. The van der Waals surface area contributed by atoms with E-state index in [-0.39, 0.29) is 17.5 Å². The Kier molecular flexibility index (Phi) is 7.70. The number of ether oxygens (including phenoxy) is 1. The minimum Gasteiger partial charge on any atom is -0.465 e. The van der Waals surface area contributed by atoms with Crippen LogP contribution in [0.3, 0.4) is 0 Å². The summed E-state index contributed by atoms with van der Waals surface area (Å²) in [6.45, 7) is 3.94. The van der Waals surface area contributed by atoms with Crippen molar-refractivity contribution >= 4 is 16.0 Å². The fourth-order valence-corrected chi connectivity index (χ4v) is 7.66. The van der Waals surface area contributed by atoms with Crippen molar-refractivity contribution in [2.45, 2.75) is 74.5 Å². The molecule has 1 N–H and O–H groups in total. The van der Waals surface area contributed by atoms with Crippen LogP contribution in [0.25, 0.3) is 0 Å². The Hall–Kier alpha value is -3.00. The first-order valence-corrected chi connectivity index (χ1v) is 15.0. The molecule has 2 fully saturated rings. The molecule has 1 aliphatic heterocycles. The normalized spacial score (nSPS) is 21.2. The monoisotopic (exact) mass is 532 g/mol. The summed E-state index contributed by atoms with van der Waals surface area (Å²) >= 11 is 0. The fourth-order valence-electron chi connectivity index (χ4n) is 6.35. The third-order valence-electron chi connectivity index (χ3n) is 8.08. The molecule has 3 aromatic carbocycles. The summed E-state index contributed by atoms with van der Waals surface area (Å²) in [6.07, 6.45) is 4.66. The Labute approximate surface area is 226 Å². The van der Waals surface area contributed by atoms with Gasteiger partial charge in [0.05, 0.1) is 23.6 Å². The van der Waals surface area contributed by atoms with Gasteiger partial charge in [-0.25, -0.2) is 13.1 Å². The van der Waals surface area contributed by atoms with E-state index in [0.29, 0.717) is 0 Å². The van der Waals surface area contributed by atoms with Gasteiger partial charge in [-0.3, -0.25) is 9.69 Å². The summed E-state index contributed by atoms with van der Waals surface area (Å²) < 4.78 is 35.8. The maximum Gasteiger partial charge on any atom is 0.325 e. The van der Waals surface area contributed by atoms with Gasteiger partial charge in [0.25, 0.3) is 0 Å². The molecule has 0 bridgehead atoms. The number of esters is 1. The highest BCUT2D eigenvalue weighted by Crippen LogP contribution is 2.53. The number of aryl methyl sites for hydroxylation is 1. The van der Waals surface area contributed by atoms with E-state index >= 15 is 0 Å². The number of hydrogen-bond donors (Lipinski definition) is 1. The van der Waals surface area contributed by atoms with Crippen molar-refractivity contribution in [2.24, 2.45) is 0 Å². The Morgan fingerprint density at radius 1 is 0.921 bits per heavy atom. The largest absolute Gasteiger partial charge is 0.465 e. The van der Waals surface area contributed by atoms with Crippen molar-refractivity contribution in [3.63, 3.8) is 0 Å². The van der Waals surface area contributed by atoms with Crippen LogP contribution in [0, 0.1) is 6.92 Å². The lowest BCUT2D eigenvalue weighted by Crippen LogP contribution is -2.83. The van der Waals surface area contributed by atoms with E-state index in [9.17, 15) is 13.2 Å². The van der Waals surface area contributed by atoms with Crippen LogP contribution in [-0.2, 0) is 19.6 Å². The molecule has 3 aromatic rings. The zero-order valence-electron chi connectivity index (χ0n) is 22.0. The summed E-state index contributed by atoms with van der Waals surface area (Å²) in [5.41, 5.74) is 2.61. The van der Waals surface area contributed by atoms with Crippen LogP contribution in [0.4, 0.5) is 0 Å². The third-order valence-corrected chi connectivity index (χ3v) is 9.54. The van der Waals surface area contributed by atoms with E-state index in [2.05, 4.69) is 33.9 Å². The molecule has 1 heterocycles. The molecule has 0 amide bonds. The SMILES string of the molecule is CCOC(=O)[C@H]1[C@H](NS(=O)(=O)c2ccc(C)cc2)C2(CCCCC2)N1C(c1ccccc1)c1ccccc1. The zero-order chi connectivity index (χ0) is 26.8. The Balaban J connectivity index is 1.62. The van der Waals surface area contributed by atoms with Crippen molar-refractivity contribution in [1.29, 1.82) is 0 Å². The third kappa shape index (κ3) is 4.91. The number of carbonyl (C=O) groups is 1. The van der Waals surface area contributed by atoms with Gasteiger partial charge < -0.3 is 4.74 Å². The second kappa shape index (κ2) is 11.0. The summed E-state index contributed by atoms with van der Waals surface area (Å²) in [5, 5.41) is 0. The highest BCUT2D eigenvalue weighted by Gasteiger charge is 2.66. The molecule has 38 heavy (non-hydrogen) atoms. The van der Waals surface area contributed by atoms with Gasteiger partial charge in [-0.15, -0.1) is 0 Å². The van der Waals surface area contributed by atoms with Gasteiger partial charge in [0.15, 0.2) is 0 Å². The van der Waals surface area contributed by atoms with Gasteiger partial charge in [0.2, 0.25) is 10.0 Å². The van der Waals surface area contributed by atoms with Crippen molar-refractivity contribution in [1.82, 2.24) is 9.62 Å². The van der Waals surface area contributed by atoms with E-state index in [1.54, 1.807) is 31.2 Å². The van der Waals surface area contributed by atoms with Crippen LogP contribution in [0.5, 0.6) is 0 Å². The first kappa shape index (κ1) is 26.6. The first-order valence-electron chi connectivity index (χ1n) is 13.5. The molecule has 6 nitrogen and oxygen atoms in total. The van der Waals surface area contributed by atoms with Crippen molar-refractivity contribution in [2.75, 3.05) is 6.61 Å². The number of likely N-dealkylation sites (tertiary alicyclic amines) is 1. The predicted octanol–water partition coefficient (Wildman–Crippen LogP) is 5.38. The minimum absolute atomic E-state index is 0.206. The number of carbonyl (C=O) groups excluding carboxylic acids is 1. The summed E-state index contributed by atoms with van der Waals surface area (Å²) in [7, 11) is -3.86. The molecule has 1 aliphatic carbocycles. The standard InChI is InChI=1S/C31H36N2O4S/c1-3-37-30(34)28-29(32-38(35,36)26-19-17-23(2)18-20-26)31(21-11-6-12-22-31)33(28)27(24-13-7-4-8-14-24)25-15-9-5-10-16-25/h4-5,7-10,13-20,27-29,32H,3,6,11-12,21-22H2,1-2H3/t28-,29+/m1/s1. The van der Waals surface area contributed by atoms with Crippen LogP contribution in [0.2, 0.25) is 0 Å². The second-order valence-electron chi connectivity index (χ2n) is 10.4. The van der Waals surface area contributed by atoms with Gasteiger partial charge in [0, 0.05) is 5.54 Å². The van der Waals surface area contributed by atoms with Gasteiger partial charge >= 0.3 is 5.97 Å². The van der Waals surface area contributed by atoms with Crippen molar-refractivity contribution < 1.29 is 17.9 Å². The Bertz CT molecular complexity index is 1300. The lowest BCUT2D eigenvalue weighted by Gasteiger charge is -2.66. The van der Waals surface area contributed by atoms with E-state index in [1.807, 2.05) is 43.3 Å². The predicted molar refractivity (Wildman–Crippen MR) is 148 cm³/mol. The number of hydrogen-bond acceptors (Lipinski definition) is 5. The highest BCUT2D eigenvalue weighted by molar-refractivity contribution is 7.89. The molecule has 7 heteroatoms. The number of benzene rings is 3. The van der Waals surface area contributed by atoms with E-state index in [0.717, 1.165) is 48.8 Å². The van der Waals surface area contributed by atoms with Gasteiger partial charge in [-0.05, 0) is 49.9 Å². The molecular formula is C31H36N2O4S. The van der Waals surface area contributed by atoms with Crippen LogP contribution >= 0.6 is 0 Å². The molecule has 0 unspecified atom stereocenters. The smallest absolute Gasteiger partial charge is 0.325 e. The quantitative estimate of drug-likeness (QED) is 0.394. The molecule has 1 spiro atoms. The number of rotatable bonds is 8. The molecule has 0 aromatic heterocycles. The van der Waals surface area contributed by atoms with Crippen LogP contribution in [0.15, 0.2) is 89.8 Å². The van der Waals surface area contributed by atoms with Gasteiger partial charge in [-0.1, -0.05) is 97.6 Å². The lowest BCUT2D eigenvalue weighted by molar-refractivity contribution is -0.186. The maximum atomic E-state index is 13.6. The van der Waals surface area contributed by atoms with E-state index in [4.69, 9.17) is 4.74 Å². The molecule has 5 rings (SSSR count). The number of sulfonamides is 1. The maximum absolute atomic E-state index is 13.6.